The Kier molecular flexibility index (Phi) is 4.66. The van der Waals surface area contributed by atoms with Gasteiger partial charge < -0.3 is 11.5 Å². The normalized spacial score (nSPS) is 11.2. The largest absolute Gasteiger partial charge is 0.330 e. The van der Waals surface area contributed by atoms with E-state index in [1.54, 1.807) is 4.68 Å². The molecule has 3 heterocycles. The van der Waals surface area contributed by atoms with Crippen LogP contribution in [0.5, 0.6) is 0 Å². The minimum Gasteiger partial charge on any atom is -0.330 e. The molecule has 4 rings (SSSR count). The molecule has 0 atom stereocenters. The van der Waals surface area contributed by atoms with Crippen molar-refractivity contribution in [1.82, 2.24) is 19.7 Å². The van der Waals surface area contributed by atoms with Crippen LogP contribution in [0, 0.1) is 6.92 Å². The molecule has 0 unspecified atom stereocenters. The summed E-state index contributed by atoms with van der Waals surface area (Å²) in [5, 5.41) is 5.76. The van der Waals surface area contributed by atoms with Gasteiger partial charge in [0.25, 0.3) is 0 Å². The summed E-state index contributed by atoms with van der Waals surface area (Å²) in [6.07, 6.45) is 2.74. The smallest absolute Gasteiger partial charge is 0.153 e. The molecule has 136 valence electrons. The van der Waals surface area contributed by atoms with Gasteiger partial charge in [-0.25, -0.2) is 9.67 Å². The molecule has 27 heavy (non-hydrogen) atoms. The minimum absolute atomic E-state index is 0.430. The maximum Gasteiger partial charge on any atom is 0.153 e. The van der Waals surface area contributed by atoms with E-state index in [1.807, 2.05) is 49.5 Å². The van der Waals surface area contributed by atoms with Gasteiger partial charge in [0.15, 0.2) is 5.82 Å². The maximum absolute atomic E-state index is 6.02. The van der Waals surface area contributed by atoms with Gasteiger partial charge in [0.05, 0.1) is 11.2 Å². The zero-order valence-electron chi connectivity index (χ0n) is 15.3. The van der Waals surface area contributed by atoms with Crippen LogP contribution in [-0.2, 0) is 13.0 Å². The molecule has 0 saturated carbocycles. The number of benzene rings is 1. The van der Waals surface area contributed by atoms with E-state index in [1.165, 1.54) is 0 Å². The van der Waals surface area contributed by atoms with Crippen molar-refractivity contribution in [2.75, 3.05) is 6.54 Å². The van der Waals surface area contributed by atoms with E-state index >= 15 is 0 Å². The second-order valence-corrected chi connectivity index (χ2v) is 6.54. The van der Waals surface area contributed by atoms with Crippen LogP contribution in [0.25, 0.3) is 28.0 Å². The fourth-order valence-corrected chi connectivity index (χ4v) is 3.21. The molecule has 3 aromatic heterocycles. The third-order valence-corrected chi connectivity index (χ3v) is 4.54. The third-order valence-electron chi connectivity index (χ3n) is 4.54. The van der Waals surface area contributed by atoms with Gasteiger partial charge in [0.2, 0.25) is 0 Å². The first-order valence-corrected chi connectivity index (χ1v) is 9.00. The number of hydrogen-bond acceptors (Lipinski definition) is 5. The summed E-state index contributed by atoms with van der Waals surface area (Å²) in [6, 6.07) is 16.0. The molecule has 0 bridgehead atoms. The highest BCUT2D eigenvalue weighted by Crippen LogP contribution is 2.27. The van der Waals surface area contributed by atoms with Gasteiger partial charge in [-0.3, -0.25) is 4.98 Å². The lowest BCUT2D eigenvalue weighted by atomic mass is 10.0. The Labute approximate surface area is 157 Å². The Hall–Kier alpha value is -3.09. The highest BCUT2D eigenvalue weighted by molar-refractivity contribution is 5.87. The first-order valence-electron chi connectivity index (χ1n) is 9.00. The van der Waals surface area contributed by atoms with Gasteiger partial charge in [-0.1, -0.05) is 12.1 Å². The van der Waals surface area contributed by atoms with Crippen LogP contribution in [0.2, 0.25) is 0 Å². The Morgan fingerprint density at radius 1 is 1.00 bits per heavy atom. The van der Waals surface area contributed by atoms with Gasteiger partial charge in [0, 0.05) is 41.5 Å². The number of nitrogens with two attached hydrogens (primary N) is 2. The summed E-state index contributed by atoms with van der Waals surface area (Å²) < 4.78 is 1.80. The summed E-state index contributed by atoms with van der Waals surface area (Å²) in [5.74, 6) is 0.791. The van der Waals surface area contributed by atoms with E-state index in [-0.39, 0.29) is 0 Å². The van der Waals surface area contributed by atoms with Crippen LogP contribution in [0.4, 0.5) is 0 Å². The molecule has 6 nitrogen and oxygen atoms in total. The van der Waals surface area contributed by atoms with Crippen LogP contribution in [0.3, 0.4) is 0 Å². The van der Waals surface area contributed by atoms with Crippen LogP contribution in [0.15, 0.2) is 54.7 Å². The molecule has 0 radical (unpaired) electrons. The van der Waals surface area contributed by atoms with Crippen molar-refractivity contribution in [2.24, 2.45) is 11.5 Å². The Balaban J connectivity index is 1.83. The van der Waals surface area contributed by atoms with Crippen molar-refractivity contribution < 1.29 is 0 Å². The Morgan fingerprint density at radius 3 is 2.63 bits per heavy atom. The Bertz CT molecular complexity index is 1100. The van der Waals surface area contributed by atoms with E-state index in [4.69, 9.17) is 21.5 Å². The zero-order chi connectivity index (χ0) is 18.8. The predicted molar refractivity (Wildman–Crippen MR) is 107 cm³/mol. The van der Waals surface area contributed by atoms with Crippen molar-refractivity contribution in [3.05, 3.63) is 71.7 Å². The number of hydrogen-bond donors (Lipinski definition) is 2. The fraction of sp³-hybridized carbons (Fsp3) is 0.190. The van der Waals surface area contributed by atoms with E-state index < -0.39 is 0 Å². The Morgan fingerprint density at radius 2 is 1.85 bits per heavy atom. The zero-order valence-corrected chi connectivity index (χ0v) is 15.3. The van der Waals surface area contributed by atoms with Crippen molar-refractivity contribution in [2.45, 2.75) is 19.9 Å². The van der Waals surface area contributed by atoms with Crippen LogP contribution < -0.4 is 11.5 Å². The molecule has 0 aliphatic rings. The first-order chi connectivity index (χ1) is 13.2. The summed E-state index contributed by atoms with van der Waals surface area (Å²) in [5.41, 5.74) is 17.4. The van der Waals surface area contributed by atoms with E-state index in [2.05, 4.69) is 17.1 Å². The van der Waals surface area contributed by atoms with Gasteiger partial charge in [-0.2, -0.15) is 5.10 Å². The molecule has 1 aromatic carbocycles. The molecular weight excluding hydrogens is 336 g/mol. The quantitative estimate of drug-likeness (QED) is 0.572. The molecule has 0 saturated heterocycles. The molecule has 4 aromatic rings. The van der Waals surface area contributed by atoms with E-state index in [0.717, 1.165) is 51.4 Å². The number of aromatic nitrogens is 4. The van der Waals surface area contributed by atoms with Gasteiger partial charge in [-0.15, -0.1) is 0 Å². The van der Waals surface area contributed by atoms with E-state index in [9.17, 15) is 0 Å². The number of nitrogens with zero attached hydrogens (tertiary/aromatic N) is 4. The lowest BCUT2D eigenvalue weighted by Gasteiger charge is -2.07. The number of aryl methyl sites for hydroxylation is 1. The highest BCUT2D eigenvalue weighted by atomic mass is 15.3. The number of pyridine rings is 2. The van der Waals surface area contributed by atoms with Crippen LogP contribution in [-0.4, -0.2) is 26.3 Å². The third kappa shape index (κ3) is 3.45. The lowest BCUT2D eigenvalue weighted by molar-refractivity contribution is 0.853. The van der Waals surface area contributed by atoms with Gasteiger partial charge >= 0.3 is 0 Å². The van der Waals surface area contributed by atoms with Crippen LogP contribution >= 0.6 is 0 Å². The first kappa shape index (κ1) is 17.3. The van der Waals surface area contributed by atoms with Gasteiger partial charge in [-0.05, 0) is 55.4 Å². The number of rotatable bonds is 5. The monoisotopic (exact) mass is 358 g/mol. The van der Waals surface area contributed by atoms with Crippen molar-refractivity contribution in [3.63, 3.8) is 0 Å². The predicted octanol–water partition coefficient (Wildman–Crippen LogP) is 2.75. The molecule has 0 fully saturated rings. The average Bonchev–Trinajstić information content (AvgIpc) is 3.12. The molecule has 4 N–H and O–H groups in total. The average molecular weight is 358 g/mol. The van der Waals surface area contributed by atoms with Gasteiger partial charge in [0.1, 0.15) is 0 Å². The van der Waals surface area contributed by atoms with Crippen LogP contribution in [0.1, 0.15) is 17.0 Å². The highest BCUT2D eigenvalue weighted by Gasteiger charge is 2.11. The van der Waals surface area contributed by atoms with Crippen molar-refractivity contribution >= 4 is 10.9 Å². The number of fused-ring (bicyclic) bond motifs is 1. The molecule has 0 spiro atoms. The summed E-state index contributed by atoms with van der Waals surface area (Å²) in [7, 11) is 0. The SMILES string of the molecule is Cc1cccc(-n2cc3c(CN)cc(-c4cccc(CCN)n4)cc3n2)n1. The molecule has 0 aliphatic heterocycles. The lowest BCUT2D eigenvalue weighted by Crippen LogP contribution is -2.04. The standard InChI is InChI=1S/C21H22N6/c1-14-4-2-7-21(24-14)27-13-18-16(12-23)10-15(11-20(18)26-27)19-6-3-5-17(25-19)8-9-22/h2-7,10-11,13H,8-9,12,22-23H2,1H3. The summed E-state index contributed by atoms with van der Waals surface area (Å²) in [4.78, 5) is 9.28. The second kappa shape index (κ2) is 7.26. The summed E-state index contributed by atoms with van der Waals surface area (Å²) in [6.45, 7) is 2.98. The van der Waals surface area contributed by atoms with Crippen molar-refractivity contribution in [3.8, 4) is 17.1 Å². The molecule has 6 heteroatoms. The maximum atomic E-state index is 6.02. The van der Waals surface area contributed by atoms with Crippen molar-refractivity contribution in [1.29, 1.82) is 0 Å². The molecular formula is C21H22N6. The topological polar surface area (TPSA) is 95.6 Å². The molecule has 0 amide bonds. The molecule has 0 aliphatic carbocycles. The fourth-order valence-electron chi connectivity index (χ4n) is 3.21. The van der Waals surface area contributed by atoms with E-state index in [0.29, 0.717) is 13.1 Å². The second-order valence-electron chi connectivity index (χ2n) is 6.54. The minimum atomic E-state index is 0.430. The summed E-state index contributed by atoms with van der Waals surface area (Å²) >= 11 is 0.